The predicted octanol–water partition coefficient (Wildman–Crippen LogP) is 1.43. The van der Waals surface area contributed by atoms with Crippen LogP contribution in [-0.2, 0) is 0 Å². The van der Waals surface area contributed by atoms with E-state index in [1.54, 1.807) is 0 Å². The molecule has 0 saturated heterocycles. The van der Waals surface area contributed by atoms with E-state index in [9.17, 15) is 13.6 Å². The number of amides is 1. The second-order valence-electron chi connectivity index (χ2n) is 3.30. The third-order valence-electron chi connectivity index (χ3n) is 2.22. The maximum atomic E-state index is 12.2. The van der Waals surface area contributed by atoms with Crippen LogP contribution in [0.15, 0.2) is 18.5 Å². The van der Waals surface area contributed by atoms with E-state index < -0.39 is 18.8 Å². The Morgan fingerprint density at radius 1 is 1.50 bits per heavy atom. The predicted molar refractivity (Wildman–Crippen MR) is 53.1 cm³/mol. The molecule has 0 atom stereocenters. The van der Waals surface area contributed by atoms with E-state index in [1.165, 1.54) is 18.5 Å². The highest BCUT2D eigenvalue weighted by Crippen LogP contribution is 2.34. The lowest BCUT2D eigenvalue weighted by Gasteiger charge is -2.04. The van der Waals surface area contributed by atoms with Crippen LogP contribution in [0.25, 0.3) is 5.57 Å². The summed E-state index contributed by atoms with van der Waals surface area (Å²) < 4.78 is 24.5. The van der Waals surface area contributed by atoms with E-state index in [0.717, 1.165) is 0 Å². The number of nitrogens with zero attached hydrogens (tertiary/aromatic N) is 2. The molecule has 2 N–H and O–H groups in total. The Morgan fingerprint density at radius 3 is 2.88 bits per heavy atom. The summed E-state index contributed by atoms with van der Waals surface area (Å²) in [5, 5.41) is 3.90. The van der Waals surface area contributed by atoms with Crippen molar-refractivity contribution >= 4 is 17.2 Å². The number of alkyl halides is 2. The number of primary amides is 1. The normalized spacial score (nSPS) is 13.3. The lowest BCUT2D eigenvalue weighted by Crippen LogP contribution is -2.13. The van der Waals surface area contributed by atoms with E-state index in [1.807, 2.05) is 0 Å². The van der Waals surface area contributed by atoms with Crippen LogP contribution in [0.2, 0.25) is 0 Å². The molecule has 0 aliphatic carbocycles. The van der Waals surface area contributed by atoms with Crippen LogP contribution in [0.4, 0.5) is 14.5 Å². The lowest BCUT2D eigenvalue weighted by atomic mass is 10.1. The molecule has 4 nitrogen and oxygen atoms in total. The Kier molecular flexibility index (Phi) is 2.55. The molecule has 1 aromatic heterocycles. The van der Waals surface area contributed by atoms with Gasteiger partial charge in [0.2, 0.25) is 6.43 Å². The molecule has 0 saturated carbocycles. The number of aromatic nitrogens is 1. The van der Waals surface area contributed by atoms with Gasteiger partial charge in [-0.3, -0.25) is 15.1 Å². The molecule has 2 rings (SSSR count). The molecular formula is C10H8F2N3O. The number of allylic oxidation sites excluding steroid dienone is 1. The third-order valence-corrected chi connectivity index (χ3v) is 2.22. The molecule has 16 heavy (non-hydrogen) atoms. The molecule has 2 heterocycles. The molecule has 0 fully saturated rings. The average Bonchev–Trinajstić information content (AvgIpc) is 2.60. The van der Waals surface area contributed by atoms with Crippen molar-refractivity contribution < 1.29 is 13.6 Å². The smallest absolute Gasteiger partial charge is 0.251 e. The van der Waals surface area contributed by atoms with Crippen molar-refractivity contribution in [3.8, 4) is 0 Å². The van der Waals surface area contributed by atoms with Crippen molar-refractivity contribution in [3.05, 3.63) is 29.7 Å². The first-order chi connectivity index (χ1) is 7.59. The summed E-state index contributed by atoms with van der Waals surface area (Å²) in [7, 11) is 0. The molecule has 6 heteroatoms. The van der Waals surface area contributed by atoms with Crippen molar-refractivity contribution in [1.82, 2.24) is 10.3 Å². The van der Waals surface area contributed by atoms with Gasteiger partial charge in [-0.15, -0.1) is 0 Å². The van der Waals surface area contributed by atoms with Gasteiger partial charge in [0, 0.05) is 24.4 Å². The first-order valence-electron chi connectivity index (χ1n) is 4.57. The zero-order valence-electron chi connectivity index (χ0n) is 8.15. The van der Waals surface area contributed by atoms with Gasteiger partial charge in [0.25, 0.3) is 5.91 Å². The van der Waals surface area contributed by atoms with E-state index in [4.69, 9.17) is 5.73 Å². The van der Waals surface area contributed by atoms with Crippen LogP contribution in [0.3, 0.4) is 0 Å². The first kappa shape index (κ1) is 10.5. The summed E-state index contributed by atoms with van der Waals surface area (Å²) in [6.45, 7) is 0. The van der Waals surface area contributed by atoms with Crippen molar-refractivity contribution in [2.75, 3.05) is 0 Å². The van der Waals surface area contributed by atoms with Gasteiger partial charge >= 0.3 is 0 Å². The lowest BCUT2D eigenvalue weighted by molar-refractivity contribution is 0.100. The minimum absolute atomic E-state index is 0.200. The topological polar surface area (TPSA) is 70.1 Å². The Labute approximate surface area is 90.2 Å². The second-order valence-corrected chi connectivity index (χ2v) is 3.30. The van der Waals surface area contributed by atoms with Gasteiger partial charge in [-0.05, 0) is 6.07 Å². The van der Waals surface area contributed by atoms with Gasteiger partial charge in [0.05, 0.1) is 11.3 Å². The van der Waals surface area contributed by atoms with Gasteiger partial charge in [-0.25, -0.2) is 8.78 Å². The van der Waals surface area contributed by atoms with E-state index in [0.29, 0.717) is 11.3 Å². The Bertz CT molecular complexity index is 471. The fraction of sp³-hybridized carbons (Fsp3) is 0.200. The summed E-state index contributed by atoms with van der Waals surface area (Å²) in [6.07, 6.45) is -0.229. The highest BCUT2D eigenvalue weighted by atomic mass is 19.3. The van der Waals surface area contributed by atoms with Crippen LogP contribution in [0.1, 0.15) is 22.5 Å². The standard InChI is InChI=1S/C10H8F2N3O/c11-7(12)3-5-4-15-9-6(10(13)16)1-2-14-8(5)9/h1-2,4,7H,3H2,(H2,13,16). The number of fused-ring (bicyclic) bond motifs is 1. The second kappa shape index (κ2) is 3.88. The molecular weight excluding hydrogens is 216 g/mol. The number of nitrogens with two attached hydrogens (primary N) is 1. The van der Waals surface area contributed by atoms with E-state index in [2.05, 4.69) is 10.3 Å². The number of halogens is 2. The molecule has 1 aromatic rings. The summed E-state index contributed by atoms with van der Waals surface area (Å²) in [4.78, 5) is 15.0. The molecule has 0 bridgehead atoms. The summed E-state index contributed by atoms with van der Waals surface area (Å²) >= 11 is 0. The van der Waals surface area contributed by atoms with Gasteiger partial charge in [0.1, 0.15) is 5.69 Å². The van der Waals surface area contributed by atoms with E-state index >= 15 is 0 Å². The Balaban J connectivity index is 2.38. The molecule has 1 aliphatic heterocycles. The fourth-order valence-electron chi connectivity index (χ4n) is 1.54. The number of hydrogen-bond donors (Lipinski definition) is 1. The van der Waals surface area contributed by atoms with Crippen molar-refractivity contribution in [2.45, 2.75) is 12.8 Å². The van der Waals surface area contributed by atoms with Crippen molar-refractivity contribution in [1.29, 1.82) is 0 Å². The maximum absolute atomic E-state index is 12.2. The van der Waals surface area contributed by atoms with Crippen LogP contribution < -0.4 is 11.1 Å². The van der Waals surface area contributed by atoms with Crippen molar-refractivity contribution in [3.63, 3.8) is 0 Å². The summed E-state index contributed by atoms with van der Waals surface area (Å²) in [6, 6.07) is 1.42. The molecule has 1 radical (unpaired) electrons. The summed E-state index contributed by atoms with van der Waals surface area (Å²) in [5.41, 5.74) is 6.26. The molecule has 0 unspecified atom stereocenters. The van der Waals surface area contributed by atoms with Crippen LogP contribution >= 0.6 is 0 Å². The number of hydrogen-bond acceptors (Lipinski definition) is 2. The number of rotatable bonds is 3. The minimum atomic E-state index is -2.47. The molecule has 0 aromatic carbocycles. The van der Waals surface area contributed by atoms with Gasteiger partial charge in [0.15, 0.2) is 0 Å². The summed E-state index contributed by atoms with van der Waals surface area (Å²) in [5.74, 6) is -0.644. The molecule has 1 aliphatic rings. The van der Waals surface area contributed by atoms with Gasteiger partial charge < -0.3 is 5.73 Å². The van der Waals surface area contributed by atoms with Crippen LogP contribution in [-0.4, -0.2) is 17.3 Å². The fourth-order valence-corrected chi connectivity index (χ4v) is 1.54. The van der Waals surface area contributed by atoms with Gasteiger partial charge in [-0.2, -0.15) is 0 Å². The van der Waals surface area contributed by atoms with Crippen LogP contribution in [0.5, 0.6) is 0 Å². The zero-order valence-corrected chi connectivity index (χ0v) is 8.15. The Hall–Kier alpha value is -1.98. The number of carbonyl (C=O) groups excluding carboxylic acids is 1. The van der Waals surface area contributed by atoms with Gasteiger partial charge in [-0.1, -0.05) is 0 Å². The molecule has 0 spiro atoms. The molecule has 1 amide bonds. The minimum Gasteiger partial charge on any atom is -0.366 e. The molecule has 83 valence electrons. The highest BCUT2D eigenvalue weighted by molar-refractivity contribution is 6.00. The number of carbonyl (C=O) groups is 1. The van der Waals surface area contributed by atoms with Crippen molar-refractivity contribution in [2.24, 2.45) is 5.73 Å². The largest absolute Gasteiger partial charge is 0.366 e. The Morgan fingerprint density at radius 2 is 2.25 bits per heavy atom. The third kappa shape index (κ3) is 1.73. The average molecular weight is 224 g/mol. The number of pyridine rings is 1. The first-order valence-corrected chi connectivity index (χ1v) is 4.57. The zero-order chi connectivity index (χ0) is 11.7. The maximum Gasteiger partial charge on any atom is 0.251 e. The monoisotopic (exact) mass is 224 g/mol. The van der Waals surface area contributed by atoms with E-state index in [-0.39, 0.29) is 11.3 Å². The highest BCUT2D eigenvalue weighted by Gasteiger charge is 2.24. The quantitative estimate of drug-likeness (QED) is 0.843. The SMILES string of the molecule is NC(=O)c1ccnc2c1[N]C=C2CC(F)F. The van der Waals surface area contributed by atoms with Crippen LogP contribution in [0, 0.1) is 0 Å².